The van der Waals surface area contributed by atoms with Gasteiger partial charge in [-0.25, -0.2) is 4.98 Å². The lowest BCUT2D eigenvalue weighted by Gasteiger charge is -2.16. The zero-order chi connectivity index (χ0) is 22.0. The molecule has 6 heteroatoms. The molecular formula is C25H23N3O2S. The van der Waals surface area contributed by atoms with Crippen LogP contribution in [0.15, 0.2) is 82.7 Å². The number of carbonyl (C=O) groups excluding carboxylic acids is 1. The quantitative estimate of drug-likeness (QED) is 0.353. The van der Waals surface area contributed by atoms with E-state index in [9.17, 15) is 9.59 Å². The zero-order valence-corrected chi connectivity index (χ0v) is 18.4. The summed E-state index contributed by atoms with van der Waals surface area (Å²) in [7, 11) is 0. The summed E-state index contributed by atoms with van der Waals surface area (Å²) < 4.78 is 1.59. The van der Waals surface area contributed by atoms with Gasteiger partial charge in [0.25, 0.3) is 5.56 Å². The number of anilines is 1. The highest BCUT2D eigenvalue weighted by Gasteiger charge is 2.20. The van der Waals surface area contributed by atoms with Gasteiger partial charge < -0.3 is 5.32 Å². The first-order chi connectivity index (χ1) is 14.9. The van der Waals surface area contributed by atoms with Crippen LogP contribution in [0.3, 0.4) is 0 Å². The van der Waals surface area contributed by atoms with Crippen molar-refractivity contribution in [3.63, 3.8) is 0 Å². The maximum Gasteiger partial charge on any atom is 0.266 e. The van der Waals surface area contributed by atoms with E-state index in [0.717, 1.165) is 22.5 Å². The number of benzene rings is 3. The lowest BCUT2D eigenvalue weighted by atomic mass is 10.2. The SMILES string of the molecule is Cc1ccc(NC(=O)C(C)Sc2nc3ccccc3c(=O)n2-c2ccc(C)cc2)cc1. The zero-order valence-electron chi connectivity index (χ0n) is 17.6. The molecule has 31 heavy (non-hydrogen) atoms. The molecule has 1 heterocycles. The van der Waals surface area contributed by atoms with Crippen molar-refractivity contribution in [1.82, 2.24) is 9.55 Å². The third kappa shape index (κ3) is 4.54. The average Bonchev–Trinajstić information content (AvgIpc) is 2.76. The van der Waals surface area contributed by atoms with Crippen LogP contribution in [0.5, 0.6) is 0 Å². The van der Waals surface area contributed by atoms with Crippen LogP contribution in [0.4, 0.5) is 5.69 Å². The van der Waals surface area contributed by atoms with Gasteiger partial charge in [-0.15, -0.1) is 0 Å². The number of thioether (sulfide) groups is 1. The van der Waals surface area contributed by atoms with Crippen molar-refractivity contribution in [3.8, 4) is 5.69 Å². The van der Waals surface area contributed by atoms with Crippen LogP contribution in [0.2, 0.25) is 0 Å². The van der Waals surface area contributed by atoms with Crippen LogP contribution in [0, 0.1) is 13.8 Å². The van der Waals surface area contributed by atoms with Crippen molar-refractivity contribution in [2.75, 3.05) is 5.32 Å². The van der Waals surface area contributed by atoms with Gasteiger partial charge in [-0.1, -0.05) is 59.3 Å². The average molecular weight is 430 g/mol. The molecular weight excluding hydrogens is 406 g/mol. The number of nitrogens with zero attached hydrogens (tertiary/aromatic N) is 2. The number of aryl methyl sites for hydroxylation is 2. The van der Waals surface area contributed by atoms with Gasteiger partial charge in [0, 0.05) is 5.69 Å². The summed E-state index contributed by atoms with van der Waals surface area (Å²) in [4.78, 5) is 30.8. The van der Waals surface area contributed by atoms with Crippen molar-refractivity contribution < 1.29 is 4.79 Å². The first-order valence-corrected chi connectivity index (χ1v) is 10.9. The number of hydrogen-bond acceptors (Lipinski definition) is 4. The fraction of sp³-hybridized carbons (Fsp3) is 0.160. The van der Waals surface area contributed by atoms with E-state index < -0.39 is 5.25 Å². The summed E-state index contributed by atoms with van der Waals surface area (Å²) in [6, 6.07) is 22.6. The van der Waals surface area contributed by atoms with Crippen LogP contribution in [-0.2, 0) is 4.79 Å². The summed E-state index contributed by atoms with van der Waals surface area (Å²) in [5, 5.41) is 3.51. The van der Waals surface area contributed by atoms with Gasteiger partial charge in [0.2, 0.25) is 5.91 Å². The topological polar surface area (TPSA) is 64.0 Å². The summed E-state index contributed by atoms with van der Waals surface area (Å²) in [5.41, 5.74) is 4.16. The second kappa shape index (κ2) is 8.78. The molecule has 156 valence electrons. The molecule has 0 radical (unpaired) electrons. The Labute approximate surface area is 185 Å². The van der Waals surface area contributed by atoms with Crippen LogP contribution < -0.4 is 10.9 Å². The predicted octanol–water partition coefficient (Wildman–Crippen LogP) is 5.12. The summed E-state index contributed by atoms with van der Waals surface area (Å²) in [6.07, 6.45) is 0. The normalized spacial score (nSPS) is 12.0. The Morgan fingerprint density at radius 2 is 1.55 bits per heavy atom. The maximum absolute atomic E-state index is 13.3. The number of rotatable bonds is 5. The fourth-order valence-electron chi connectivity index (χ4n) is 3.21. The number of carbonyl (C=O) groups is 1. The molecule has 1 aromatic heterocycles. The highest BCUT2D eigenvalue weighted by molar-refractivity contribution is 8.00. The van der Waals surface area contributed by atoms with Crippen molar-refractivity contribution in [3.05, 3.63) is 94.3 Å². The Kier molecular flexibility index (Phi) is 5.91. The van der Waals surface area contributed by atoms with Crippen molar-refractivity contribution in [2.45, 2.75) is 31.2 Å². The molecule has 5 nitrogen and oxygen atoms in total. The highest BCUT2D eigenvalue weighted by Crippen LogP contribution is 2.26. The highest BCUT2D eigenvalue weighted by atomic mass is 32.2. The fourth-order valence-corrected chi connectivity index (χ4v) is 4.13. The van der Waals surface area contributed by atoms with E-state index in [-0.39, 0.29) is 11.5 Å². The lowest BCUT2D eigenvalue weighted by molar-refractivity contribution is -0.115. The first kappa shape index (κ1) is 20.9. The predicted molar refractivity (Wildman–Crippen MR) is 127 cm³/mol. The van der Waals surface area contributed by atoms with Crippen molar-refractivity contribution >= 4 is 34.3 Å². The smallest absolute Gasteiger partial charge is 0.266 e. The van der Waals surface area contributed by atoms with E-state index in [2.05, 4.69) is 5.32 Å². The molecule has 0 saturated carbocycles. The second-order valence-corrected chi connectivity index (χ2v) is 8.81. The molecule has 0 fully saturated rings. The monoisotopic (exact) mass is 429 g/mol. The molecule has 1 atom stereocenters. The molecule has 3 aromatic carbocycles. The number of para-hydroxylation sites is 1. The van der Waals surface area contributed by atoms with E-state index >= 15 is 0 Å². The summed E-state index contributed by atoms with van der Waals surface area (Å²) in [6.45, 7) is 5.81. The number of amides is 1. The molecule has 0 saturated heterocycles. The van der Waals surface area contributed by atoms with Crippen molar-refractivity contribution in [1.29, 1.82) is 0 Å². The van der Waals surface area contributed by atoms with E-state index in [1.165, 1.54) is 11.8 Å². The van der Waals surface area contributed by atoms with Crippen molar-refractivity contribution in [2.24, 2.45) is 0 Å². The Bertz CT molecular complexity index is 1300. The molecule has 4 aromatic rings. The van der Waals surface area contributed by atoms with Crippen LogP contribution >= 0.6 is 11.8 Å². The Balaban J connectivity index is 1.71. The molecule has 0 spiro atoms. The van der Waals surface area contributed by atoms with Gasteiger partial charge in [-0.05, 0) is 57.2 Å². The van der Waals surface area contributed by atoms with Gasteiger partial charge in [0.15, 0.2) is 5.16 Å². The van der Waals surface area contributed by atoms with Gasteiger partial charge in [-0.3, -0.25) is 14.2 Å². The third-order valence-corrected chi connectivity index (χ3v) is 6.06. The standard InChI is InChI=1S/C25H23N3O2S/c1-16-8-12-19(13-9-16)26-23(29)18(3)31-25-27-22-7-5-4-6-21(22)24(30)28(25)20-14-10-17(2)11-15-20/h4-15,18H,1-3H3,(H,26,29). The molecule has 1 N–H and O–H groups in total. The molecule has 0 aliphatic heterocycles. The molecule has 0 aliphatic rings. The first-order valence-electron chi connectivity index (χ1n) is 10.1. The molecule has 4 rings (SSSR count). The van der Waals surface area contributed by atoms with Crippen LogP contribution in [0.25, 0.3) is 16.6 Å². The van der Waals surface area contributed by atoms with Crippen LogP contribution in [-0.4, -0.2) is 20.7 Å². The van der Waals surface area contributed by atoms with E-state index in [4.69, 9.17) is 4.98 Å². The maximum atomic E-state index is 13.3. The van der Waals surface area contributed by atoms with E-state index in [1.54, 1.807) is 10.6 Å². The molecule has 0 bridgehead atoms. The Morgan fingerprint density at radius 3 is 2.23 bits per heavy atom. The number of hydrogen-bond donors (Lipinski definition) is 1. The molecule has 1 unspecified atom stereocenters. The number of aromatic nitrogens is 2. The Hall–Kier alpha value is -3.38. The molecule has 0 aliphatic carbocycles. The minimum absolute atomic E-state index is 0.147. The van der Waals surface area contributed by atoms with Gasteiger partial charge in [-0.2, -0.15) is 0 Å². The number of nitrogens with one attached hydrogen (secondary N) is 1. The van der Waals surface area contributed by atoms with Gasteiger partial charge in [0.1, 0.15) is 0 Å². The molecule has 1 amide bonds. The minimum atomic E-state index is -0.453. The second-order valence-electron chi connectivity index (χ2n) is 7.50. The van der Waals surface area contributed by atoms with Gasteiger partial charge >= 0.3 is 0 Å². The van der Waals surface area contributed by atoms with E-state index in [0.29, 0.717) is 16.1 Å². The third-order valence-electron chi connectivity index (χ3n) is 5.01. The summed E-state index contributed by atoms with van der Waals surface area (Å²) in [5.74, 6) is -0.147. The summed E-state index contributed by atoms with van der Waals surface area (Å²) >= 11 is 1.27. The van der Waals surface area contributed by atoms with E-state index in [1.807, 2.05) is 87.5 Å². The van der Waals surface area contributed by atoms with Gasteiger partial charge in [0.05, 0.1) is 21.8 Å². The van der Waals surface area contributed by atoms with Crippen LogP contribution in [0.1, 0.15) is 18.1 Å². The largest absolute Gasteiger partial charge is 0.325 e. The number of fused-ring (bicyclic) bond motifs is 1. The lowest BCUT2D eigenvalue weighted by Crippen LogP contribution is -2.26. The Morgan fingerprint density at radius 1 is 0.935 bits per heavy atom. The minimum Gasteiger partial charge on any atom is -0.325 e.